The largest absolute Gasteiger partial charge is 0.389 e. The first-order valence-corrected chi connectivity index (χ1v) is 4.02. The zero-order valence-electron chi connectivity index (χ0n) is 7.52. The Morgan fingerprint density at radius 3 is 2.27 bits per heavy atom. The van der Waals surface area contributed by atoms with Crippen LogP contribution in [0.25, 0.3) is 0 Å². The summed E-state index contributed by atoms with van der Waals surface area (Å²) in [6, 6.07) is 0. The van der Waals surface area contributed by atoms with E-state index in [2.05, 4.69) is 0 Å². The fourth-order valence-electron chi connectivity index (χ4n) is 0.651. The fraction of sp³-hybridized carbons (Fsp3) is 0.857. The number of hydrogen-bond acceptors (Lipinski definition) is 2. The Morgan fingerprint density at radius 1 is 1.33 bits per heavy atom. The van der Waals surface area contributed by atoms with Crippen LogP contribution in [-0.4, -0.2) is 36.3 Å². The van der Waals surface area contributed by atoms with Gasteiger partial charge in [-0.05, 0) is 0 Å². The second-order valence-electron chi connectivity index (χ2n) is 2.82. The Kier molecular flexibility index (Phi) is 5.48. The van der Waals surface area contributed by atoms with Crippen molar-refractivity contribution in [2.75, 3.05) is 6.54 Å². The summed E-state index contributed by atoms with van der Waals surface area (Å²) in [5, 5.41) is 10.3. The van der Waals surface area contributed by atoms with E-state index in [1.54, 1.807) is 5.32 Å². The lowest BCUT2D eigenvalue weighted by molar-refractivity contribution is -0.144. The third-order valence-corrected chi connectivity index (χ3v) is 1.43. The smallest absolute Gasteiger partial charge is 0.385 e. The van der Waals surface area contributed by atoms with E-state index < -0.39 is 44.0 Å². The minimum absolute atomic E-state index is 0.756. The lowest BCUT2D eigenvalue weighted by Crippen LogP contribution is -2.36. The Hall–Kier alpha value is -0.920. The van der Waals surface area contributed by atoms with Crippen molar-refractivity contribution in [3.63, 3.8) is 0 Å². The topological polar surface area (TPSA) is 49.3 Å². The second kappa shape index (κ2) is 5.84. The number of nitrogens with one attached hydrogen (secondary N) is 1. The Morgan fingerprint density at radius 2 is 1.87 bits per heavy atom. The number of aliphatic hydroxyl groups is 1. The zero-order valence-corrected chi connectivity index (χ0v) is 7.52. The van der Waals surface area contributed by atoms with Crippen molar-refractivity contribution in [3.8, 4) is 0 Å². The number of carbonyl (C=O) groups excluding carboxylic acids is 1. The molecule has 0 aromatic carbocycles. The molecule has 90 valence electrons. The van der Waals surface area contributed by atoms with Gasteiger partial charge in [-0.25, -0.2) is 8.78 Å². The molecule has 2 N–H and O–H groups in total. The van der Waals surface area contributed by atoms with Crippen molar-refractivity contribution < 1.29 is 31.9 Å². The number of halogens is 5. The van der Waals surface area contributed by atoms with E-state index in [0.717, 1.165) is 0 Å². The molecule has 0 radical (unpaired) electrons. The fourth-order valence-corrected chi connectivity index (χ4v) is 0.651. The van der Waals surface area contributed by atoms with Crippen molar-refractivity contribution in [1.29, 1.82) is 0 Å². The van der Waals surface area contributed by atoms with Gasteiger partial charge in [-0.3, -0.25) is 4.79 Å². The molecule has 8 heteroatoms. The second-order valence-corrected chi connectivity index (χ2v) is 2.82. The van der Waals surface area contributed by atoms with Crippen LogP contribution in [0, 0.1) is 0 Å². The predicted octanol–water partition coefficient (Wildman–Crippen LogP) is 1.07. The standard InChI is InChI=1S/C7H10F5NO2/c8-6(9)4(14)3-13-5(15)1-2-7(10,11)12/h4,6,14H,1-3H2,(H,13,15). The van der Waals surface area contributed by atoms with Crippen LogP contribution in [0.2, 0.25) is 0 Å². The van der Waals surface area contributed by atoms with Gasteiger partial charge in [0.05, 0.1) is 6.42 Å². The lowest BCUT2D eigenvalue weighted by atomic mass is 10.3. The highest BCUT2D eigenvalue weighted by molar-refractivity contribution is 5.75. The molecule has 0 saturated carbocycles. The molecule has 1 unspecified atom stereocenters. The van der Waals surface area contributed by atoms with Crippen LogP contribution >= 0.6 is 0 Å². The van der Waals surface area contributed by atoms with Crippen LogP contribution < -0.4 is 5.32 Å². The molecule has 0 fully saturated rings. The van der Waals surface area contributed by atoms with Gasteiger partial charge in [-0.2, -0.15) is 13.2 Å². The Bertz CT molecular complexity index is 206. The molecule has 15 heavy (non-hydrogen) atoms. The van der Waals surface area contributed by atoms with Gasteiger partial charge in [-0.1, -0.05) is 0 Å². The molecule has 3 nitrogen and oxygen atoms in total. The molecular weight excluding hydrogens is 225 g/mol. The summed E-state index contributed by atoms with van der Waals surface area (Å²) in [7, 11) is 0. The van der Waals surface area contributed by atoms with Crippen LogP contribution in [0.1, 0.15) is 12.8 Å². The molecule has 0 aromatic heterocycles. The van der Waals surface area contributed by atoms with Crippen LogP contribution in [0.15, 0.2) is 0 Å². The maximum Gasteiger partial charge on any atom is 0.389 e. The number of amides is 1. The minimum Gasteiger partial charge on any atom is -0.385 e. The van der Waals surface area contributed by atoms with Gasteiger partial charge in [0, 0.05) is 13.0 Å². The maximum absolute atomic E-state index is 11.7. The van der Waals surface area contributed by atoms with Crippen LogP contribution in [-0.2, 0) is 4.79 Å². The van der Waals surface area contributed by atoms with Crippen LogP contribution in [0.5, 0.6) is 0 Å². The van der Waals surface area contributed by atoms with E-state index in [4.69, 9.17) is 5.11 Å². The van der Waals surface area contributed by atoms with Gasteiger partial charge >= 0.3 is 6.18 Å². The molecule has 0 spiro atoms. The van der Waals surface area contributed by atoms with E-state index in [1.807, 2.05) is 0 Å². The summed E-state index contributed by atoms with van der Waals surface area (Å²) in [4.78, 5) is 10.6. The molecule has 1 amide bonds. The summed E-state index contributed by atoms with van der Waals surface area (Å²) in [5.41, 5.74) is 0. The highest BCUT2D eigenvalue weighted by atomic mass is 19.4. The van der Waals surface area contributed by atoms with Crippen molar-refractivity contribution in [3.05, 3.63) is 0 Å². The molecule has 0 aliphatic carbocycles. The lowest BCUT2D eigenvalue weighted by Gasteiger charge is -2.11. The Labute approximate surface area is 82.3 Å². The molecule has 0 saturated heterocycles. The number of hydrogen-bond donors (Lipinski definition) is 2. The van der Waals surface area contributed by atoms with Crippen molar-refractivity contribution in [2.45, 2.75) is 31.5 Å². The molecule has 0 bridgehead atoms. The van der Waals surface area contributed by atoms with Gasteiger partial charge in [0.1, 0.15) is 6.10 Å². The van der Waals surface area contributed by atoms with Crippen LogP contribution in [0.4, 0.5) is 22.0 Å². The number of rotatable bonds is 5. The molecule has 1 atom stereocenters. The third kappa shape index (κ3) is 8.10. The third-order valence-electron chi connectivity index (χ3n) is 1.43. The maximum atomic E-state index is 11.7. The average Bonchev–Trinajstić information content (AvgIpc) is 2.09. The summed E-state index contributed by atoms with van der Waals surface area (Å²) < 4.78 is 58.1. The number of alkyl halides is 5. The summed E-state index contributed by atoms with van der Waals surface area (Å²) in [6.07, 6.45) is -11.7. The highest BCUT2D eigenvalue weighted by Gasteiger charge is 2.28. The number of aliphatic hydroxyl groups excluding tert-OH is 1. The zero-order chi connectivity index (χ0) is 12.1. The molecule has 0 heterocycles. The summed E-state index contributed by atoms with van der Waals surface area (Å²) in [6.45, 7) is -0.756. The van der Waals surface area contributed by atoms with Crippen molar-refractivity contribution in [2.24, 2.45) is 0 Å². The normalized spacial score (nSPS) is 14.1. The highest BCUT2D eigenvalue weighted by Crippen LogP contribution is 2.20. The van der Waals surface area contributed by atoms with Crippen molar-refractivity contribution in [1.82, 2.24) is 5.32 Å². The monoisotopic (exact) mass is 235 g/mol. The van der Waals surface area contributed by atoms with E-state index >= 15 is 0 Å². The van der Waals surface area contributed by atoms with Crippen LogP contribution in [0.3, 0.4) is 0 Å². The SMILES string of the molecule is O=C(CCC(F)(F)F)NCC(O)C(F)F. The summed E-state index contributed by atoms with van der Waals surface area (Å²) in [5.74, 6) is -1.02. The van der Waals surface area contributed by atoms with E-state index in [0.29, 0.717) is 0 Å². The minimum atomic E-state index is -4.46. The molecule has 0 aliphatic heterocycles. The molecular formula is C7H10F5NO2. The number of carbonyl (C=O) groups is 1. The van der Waals surface area contributed by atoms with Gasteiger partial charge in [0.2, 0.25) is 5.91 Å². The summed E-state index contributed by atoms with van der Waals surface area (Å²) >= 11 is 0. The molecule has 0 aromatic rings. The van der Waals surface area contributed by atoms with Gasteiger partial charge in [-0.15, -0.1) is 0 Å². The van der Waals surface area contributed by atoms with E-state index in [9.17, 15) is 26.7 Å². The first-order chi connectivity index (χ1) is 6.72. The molecule has 0 rings (SSSR count). The first-order valence-electron chi connectivity index (χ1n) is 4.02. The first kappa shape index (κ1) is 14.1. The molecule has 0 aliphatic rings. The van der Waals surface area contributed by atoms with Gasteiger partial charge in [0.25, 0.3) is 6.43 Å². The van der Waals surface area contributed by atoms with Gasteiger partial charge < -0.3 is 10.4 Å². The quantitative estimate of drug-likeness (QED) is 0.700. The predicted molar refractivity (Wildman–Crippen MR) is 40.3 cm³/mol. The average molecular weight is 235 g/mol. The van der Waals surface area contributed by atoms with Crippen molar-refractivity contribution >= 4 is 5.91 Å². The van der Waals surface area contributed by atoms with Gasteiger partial charge in [0.15, 0.2) is 0 Å². The van der Waals surface area contributed by atoms with E-state index in [-0.39, 0.29) is 0 Å². The Balaban J connectivity index is 3.67. The van der Waals surface area contributed by atoms with E-state index in [1.165, 1.54) is 0 Å².